The smallest absolute Gasteiger partial charge is 0.405 e. The van der Waals surface area contributed by atoms with E-state index in [1.807, 2.05) is 18.2 Å². The number of benzene rings is 2. The van der Waals surface area contributed by atoms with E-state index in [0.717, 1.165) is 38.3 Å². The maximum Gasteiger partial charge on any atom is 0.405 e. The van der Waals surface area contributed by atoms with Gasteiger partial charge < -0.3 is 15.4 Å². The summed E-state index contributed by atoms with van der Waals surface area (Å²) in [5.41, 5.74) is 7.42. The van der Waals surface area contributed by atoms with E-state index in [1.165, 1.54) is 5.69 Å². The Morgan fingerprint density at radius 3 is 2.31 bits per heavy atom. The molecule has 5 nitrogen and oxygen atoms in total. The van der Waals surface area contributed by atoms with E-state index in [2.05, 4.69) is 34.1 Å². The maximum atomic E-state index is 11.3. The number of rotatable bonds is 6. The fraction of sp³-hybridized carbons (Fsp3) is 0.350. The van der Waals surface area contributed by atoms with Crippen molar-refractivity contribution in [2.45, 2.75) is 12.5 Å². The molecule has 0 aromatic heterocycles. The summed E-state index contributed by atoms with van der Waals surface area (Å²) in [5.74, 6) is 0. The second-order valence-corrected chi connectivity index (χ2v) is 6.87. The van der Waals surface area contributed by atoms with Gasteiger partial charge in [-0.3, -0.25) is 4.90 Å². The molecule has 26 heavy (non-hydrogen) atoms. The molecular formula is C20H24ClN3O2. The molecule has 6 heteroatoms. The van der Waals surface area contributed by atoms with Crippen LogP contribution < -0.4 is 10.6 Å². The van der Waals surface area contributed by atoms with Crippen molar-refractivity contribution < 1.29 is 9.53 Å². The largest absolute Gasteiger partial charge is 0.441 e. The van der Waals surface area contributed by atoms with Gasteiger partial charge in [-0.2, -0.15) is 0 Å². The first-order valence-electron chi connectivity index (χ1n) is 8.86. The van der Waals surface area contributed by atoms with Gasteiger partial charge in [0.2, 0.25) is 0 Å². The summed E-state index contributed by atoms with van der Waals surface area (Å²) in [5, 5.41) is 0.656. The number of nitrogens with zero attached hydrogens (tertiary/aromatic N) is 2. The fourth-order valence-electron chi connectivity index (χ4n) is 3.28. The van der Waals surface area contributed by atoms with Gasteiger partial charge in [0, 0.05) is 49.9 Å². The number of hydrogen-bond donors (Lipinski definition) is 1. The summed E-state index contributed by atoms with van der Waals surface area (Å²) in [6.07, 6.45) is -0.397. The molecule has 1 saturated heterocycles. The highest BCUT2D eigenvalue weighted by atomic mass is 35.5. The van der Waals surface area contributed by atoms with Crippen molar-refractivity contribution in [1.29, 1.82) is 0 Å². The topological polar surface area (TPSA) is 58.8 Å². The van der Waals surface area contributed by atoms with Crippen molar-refractivity contribution in [3.8, 4) is 0 Å². The number of primary amides is 1. The predicted molar refractivity (Wildman–Crippen MR) is 105 cm³/mol. The molecule has 0 spiro atoms. The van der Waals surface area contributed by atoms with Gasteiger partial charge in [-0.1, -0.05) is 41.9 Å². The Morgan fingerprint density at radius 2 is 1.69 bits per heavy atom. The van der Waals surface area contributed by atoms with Gasteiger partial charge in [0.15, 0.2) is 0 Å². The zero-order chi connectivity index (χ0) is 18.4. The molecule has 0 radical (unpaired) electrons. The van der Waals surface area contributed by atoms with Crippen LogP contribution in [0.15, 0.2) is 54.6 Å². The fourth-order valence-corrected chi connectivity index (χ4v) is 3.41. The highest BCUT2D eigenvalue weighted by Gasteiger charge is 2.20. The molecule has 1 aliphatic heterocycles. The normalized spacial score (nSPS) is 16.3. The highest BCUT2D eigenvalue weighted by molar-refractivity contribution is 6.30. The van der Waals surface area contributed by atoms with Crippen LogP contribution >= 0.6 is 11.6 Å². The minimum atomic E-state index is -0.751. The average Bonchev–Trinajstić information content (AvgIpc) is 2.67. The molecule has 2 aromatic carbocycles. The van der Waals surface area contributed by atoms with Gasteiger partial charge in [-0.15, -0.1) is 0 Å². The zero-order valence-corrected chi connectivity index (χ0v) is 15.4. The van der Waals surface area contributed by atoms with E-state index >= 15 is 0 Å². The molecular weight excluding hydrogens is 350 g/mol. The molecule has 0 bridgehead atoms. The van der Waals surface area contributed by atoms with Crippen LogP contribution in [0, 0.1) is 0 Å². The quantitative estimate of drug-likeness (QED) is 0.838. The Balaban J connectivity index is 1.53. The molecule has 1 heterocycles. The number of anilines is 1. The van der Waals surface area contributed by atoms with Crippen LogP contribution in [0.5, 0.6) is 0 Å². The van der Waals surface area contributed by atoms with Gasteiger partial charge in [-0.25, -0.2) is 4.79 Å². The monoisotopic (exact) mass is 373 g/mol. The Morgan fingerprint density at radius 1 is 1.04 bits per heavy atom. The lowest BCUT2D eigenvalue weighted by Crippen LogP contribution is -2.46. The highest BCUT2D eigenvalue weighted by Crippen LogP contribution is 2.24. The van der Waals surface area contributed by atoms with Gasteiger partial charge in [0.25, 0.3) is 0 Å². The van der Waals surface area contributed by atoms with Gasteiger partial charge in [0.05, 0.1) is 0 Å². The third-order valence-corrected chi connectivity index (χ3v) is 4.95. The number of piperazine rings is 1. The van der Waals surface area contributed by atoms with E-state index in [9.17, 15) is 4.79 Å². The second-order valence-electron chi connectivity index (χ2n) is 6.43. The molecule has 1 amide bonds. The number of ether oxygens (including phenoxy) is 1. The Labute approximate surface area is 159 Å². The number of para-hydroxylation sites is 1. The summed E-state index contributed by atoms with van der Waals surface area (Å²) >= 11 is 5.94. The SMILES string of the molecule is NC(=O)OC(CCN1CCN(c2ccccc2)CC1)c1ccc(Cl)cc1. The van der Waals surface area contributed by atoms with Crippen molar-refractivity contribution in [1.82, 2.24) is 4.90 Å². The van der Waals surface area contributed by atoms with Crippen LogP contribution in [-0.4, -0.2) is 43.7 Å². The Bertz CT molecular complexity index is 701. The number of halogens is 1. The third-order valence-electron chi connectivity index (χ3n) is 4.70. The first kappa shape index (κ1) is 18.5. The molecule has 1 aliphatic rings. The summed E-state index contributed by atoms with van der Waals surface area (Å²) < 4.78 is 5.32. The number of nitrogens with two attached hydrogens (primary N) is 1. The summed E-state index contributed by atoms with van der Waals surface area (Å²) in [6.45, 7) is 4.80. The van der Waals surface area contributed by atoms with E-state index in [4.69, 9.17) is 22.1 Å². The lowest BCUT2D eigenvalue weighted by Gasteiger charge is -2.36. The van der Waals surface area contributed by atoms with Gasteiger partial charge in [-0.05, 0) is 29.8 Å². The third kappa shape index (κ3) is 5.13. The lowest BCUT2D eigenvalue weighted by atomic mass is 10.1. The summed E-state index contributed by atoms with van der Waals surface area (Å²) in [4.78, 5) is 16.0. The molecule has 1 atom stereocenters. The van der Waals surface area contributed by atoms with Crippen molar-refractivity contribution in [3.05, 3.63) is 65.2 Å². The van der Waals surface area contributed by atoms with E-state index in [1.54, 1.807) is 12.1 Å². The molecule has 1 fully saturated rings. The van der Waals surface area contributed by atoms with Crippen LogP contribution in [0.2, 0.25) is 5.02 Å². The average molecular weight is 374 g/mol. The lowest BCUT2D eigenvalue weighted by molar-refractivity contribution is 0.0910. The minimum absolute atomic E-state index is 0.350. The molecule has 2 aromatic rings. The van der Waals surface area contributed by atoms with Gasteiger partial charge >= 0.3 is 6.09 Å². The zero-order valence-electron chi connectivity index (χ0n) is 14.7. The Hall–Kier alpha value is -2.24. The van der Waals surface area contributed by atoms with Crippen molar-refractivity contribution in [2.75, 3.05) is 37.6 Å². The molecule has 3 rings (SSSR count). The van der Waals surface area contributed by atoms with Crippen LogP contribution in [0.25, 0.3) is 0 Å². The number of hydrogen-bond acceptors (Lipinski definition) is 4. The Kier molecular flexibility index (Phi) is 6.36. The standard InChI is InChI=1S/C20H24ClN3O2/c21-17-8-6-16(7-9-17)19(26-20(22)25)10-11-23-12-14-24(15-13-23)18-4-2-1-3-5-18/h1-9,19H,10-15H2,(H2,22,25). The van der Waals surface area contributed by atoms with Crippen molar-refractivity contribution in [2.24, 2.45) is 5.73 Å². The van der Waals surface area contributed by atoms with E-state index in [-0.39, 0.29) is 6.10 Å². The number of amides is 1. The van der Waals surface area contributed by atoms with Crippen LogP contribution in [-0.2, 0) is 4.74 Å². The number of carbonyl (C=O) groups is 1. The van der Waals surface area contributed by atoms with Crippen LogP contribution in [0.1, 0.15) is 18.1 Å². The second kappa shape index (κ2) is 8.92. The summed E-state index contributed by atoms with van der Waals surface area (Å²) in [6, 6.07) is 17.8. The molecule has 138 valence electrons. The van der Waals surface area contributed by atoms with Crippen LogP contribution in [0.3, 0.4) is 0 Å². The van der Waals surface area contributed by atoms with E-state index in [0.29, 0.717) is 11.4 Å². The van der Waals surface area contributed by atoms with Gasteiger partial charge in [0.1, 0.15) is 6.10 Å². The van der Waals surface area contributed by atoms with Crippen molar-refractivity contribution in [3.63, 3.8) is 0 Å². The first-order chi connectivity index (χ1) is 12.6. The molecule has 0 saturated carbocycles. The van der Waals surface area contributed by atoms with Crippen LogP contribution in [0.4, 0.5) is 10.5 Å². The molecule has 0 aliphatic carbocycles. The van der Waals surface area contributed by atoms with Crippen molar-refractivity contribution >= 4 is 23.4 Å². The molecule has 1 unspecified atom stereocenters. The number of carbonyl (C=O) groups excluding carboxylic acids is 1. The maximum absolute atomic E-state index is 11.3. The first-order valence-corrected chi connectivity index (χ1v) is 9.23. The summed E-state index contributed by atoms with van der Waals surface area (Å²) in [7, 11) is 0. The minimum Gasteiger partial charge on any atom is -0.441 e. The predicted octanol–water partition coefficient (Wildman–Crippen LogP) is 3.69. The molecule has 2 N–H and O–H groups in total. The van der Waals surface area contributed by atoms with E-state index < -0.39 is 6.09 Å².